The largest absolute Gasteiger partial charge is 0.380 e. The predicted molar refractivity (Wildman–Crippen MR) is 91.6 cm³/mol. The smallest absolute Gasteiger partial charge is 0.254 e. The Morgan fingerprint density at radius 3 is 2.61 bits per heavy atom. The third kappa shape index (κ3) is 2.76. The molecule has 1 aliphatic carbocycles. The average Bonchev–Trinajstić information content (AvgIpc) is 3.21. The fourth-order valence-corrected chi connectivity index (χ4v) is 5.00. The summed E-state index contributed by atoms with van der Waals surface area (Å²) in [5.74, 6) is 0.396. The number of hydrogen-bond acceptors (Lipinski definition) is 4. The van der Waals surface area contributed by atoms with E-state index in [1.54, 1.807) is 11.3 Å². The van der Waals surface area contributed by atoms with Crippen LogP contribution in [0, 0.1) is 0 Å². The van der Waals surface area contributed by atoms with E-state index in [1.807, 2.05) is 17.0 Å². The number of para-hydroxylation sites is 1. The van der Waals surface area contributed by atoms with Crippen LogP contribution in [0.2, 0.25) is 0 Å². The van der Waals surface area contributed by atoms with Crippen LogP contribution in [0.15, 0.2) is 24.3 Å². The third-order valence-electron chi connectivity index (χ3n) is 5.27. The quantitative estimate of drug-likeness (QED) is 0.919. The van der Waals surface area contributed by atoms with E-state index in [0.717, 1.165) is 44.3 Å². The third-order valence-corrected chi connectivity index (χ3v) is 6.47. The van der Waals surface area contributed by atoms with Gasteiger partial charge in [0.15, 0.2) is 0 Å². The maximum absolute atomic E-state index is 12.6. The predicted octanol–water partition coefficient (Wildman–Crippen LogP) is 3.31. The Balaban J connectivity index is 1.43. The molecule has 0 bridgehead atoms. The Bertz CT molecular complexity index is 680. The molecular weight excluding hydrogens is 308 g/mol. The van der Waals surface area contributed by atoms with Gasteiger partial charge in [0.05, 0.1) is 15.2 Å². The molecule has 4 rings (SSSR count). The van der Waals surface area contributed by atoms with E-state index in [2.05, 4.69) is 12.1 Å². The first-order valence-corrected chi connectivity index (χ1v) is 9.35. The van der Waals surface area contributed by atoms with Crippen molar-refractivity contribution in [2.24, 2.45) is 0 Å². The van der Waals surface area contributed by atoms with Gasteiger partial charge in [-0.05, 0) is 50.7 Å². The molecule has 2 fully saturated rings. The van der Waals surface area contributed by atoms with Crippen molar-refractivity contribution in [1.82, 2.24) is 9.88 Å². The van der Waals surface area contributed by atoms with Crippen molar-refractivity contribution in [3.8, 4) is 0 Å². The number of benzene rings is 1. The summed E-state index contributed by atoms with van der Waals surface area (Å²) >= 11 is 1.77. The van der Waals surface area contributed by atoms with Gasteiger partial charge >= 0.3 is 0 Å². The molecule has 0 spiro atoms. The Kier molecular flexibility index (Phi) is 3.85. The van der Waals surface area contributed by atoms with Gasteiger partial charge in [0.2, 0.25) is 0 Å². The maximum Gasteiger partial charge on any atom is 0.254 e. The number of carbonyl (C=O) groups excluding carboxylic acids is 1. The molecule has 5 heteroatoms. The lowest BCUT2D eigenvalue weighted by molar-refractivity contribution is -0.151. The van der Waals surface area contributed by atoms with Crippen LogP contribution in [0.1, 0.15) is 49.5 Å². The molecule has 4 nitrogen and oxygen atoms in total. The molecule has 1 aromatic carbocycles. The van der Waals surface area contributed by atoms with Gasteiger partial charge in [-0.25, -0.2) is 4.98 Å². The monoisotopic (exact) mass is 330 g/mol. The summed E-state index contributed by atoms with van der Waals surface area (Å²) in [5.41, 5.74) is -0.00540. The lowest BCUT2D eigenvalue weighted by Gasteiger charge is -2.35. The number of rotatable bonds is 2. The summed E-state index contributed by atoms with van der Waals surface area (Å²) in [5, 5.41) is 11.7. The first kappa shape index (κ1) is 15.1. The van der Waals surface area contributed by atoms with Gasteiger partial charge in [-0.1, -0.05) is 12.1 Å². The van der Waals surface area contributed by atoms with Crippen LogP contribution in [0.25, 0.3) is 10.2 Å². The first-order chi connectivity index (χ1) is 11.2. The van der Waals surface area contributed by atoms with Crippen LogP contribution in [0.4, 0.5) is 0 Å². The Hall–Kier alpha value is -1.46. The highest BCUT2D eigenvalue weighted by molar-refractivity contribution is 7.18. The zero-order valence-corrected chi connectivity index (χ0v) is 14.0. The van der Waals surface area contributed by atoms with E-state index < -0.39 is 5.60 Å². The number of piperidine rings is 1. The van der Waals surface area contributed by atoms with E-state index in [4.69, 9.17) is 4.98 Å². The molecular formula is C18H22N2O2S. The number of amides is 1. The number of fused-ring (bicyclic) bond motifs is 1. The fourth-order valence-electron chi connectivity index (χ4n) is 3.86. The highest BCUT2D eigenvalue weighted by Gasteiger charge is 2.42. The number of aliphatic hydroxyl groups is 1. The molecule has 1 saturated carbocycles. The summed E-state index contributed by atoms with van der Waals surface area (Å²) in [6, 6.07) is 8.25. The number of likely N-dealkylation sites (tertiary alicyclic amines) is 1. The lowest BCUT2D eigenvalue weighted by Crippen LogP contribution is -2.49. The van der Waals surface area contributed by atoms with Crippen LogP contribution < -0.4 is 0 Å². The van der Waals surface area contributed by atoms with Crippen LogP contribution in [0.5, 0.6) is 0 Å². The molecule has 1 amide bonds. The van der Waals surface area contributed by atoms with Crippen molar-refractivity contribution < 1.29 is 9.90 Å². The van der Waals surface area contributed by atoms with E-state index >= 15 is 0 Å². The zero-order valence-electron chi connectivity index (χ0n) is 13.2. The molecule has 2 aromatic rings. The molecule has 0 radical (unpaired) electrons. The van der Waals surface area contributed by atoms with Gasteiger partial charge in [0.1, 0.15) is 5.60 Å². The Labute approximate surface area is 140 Å². The molecule has 1 aromatic heterocycles. The second-order valence-electron chi connectivity index (χ2n) is 6.82. The minimum absolute atomic E-state index is 0.0438. The molecule has 1 N–H and O–H groups in total. The molecule has 0 atom stereocenters. The molecule has 122 valence electrons. The van der Waals surface area contributed by atoms with Crippen molar-refractivity contribution >= 4 is 27.5 Å². The van der Waals surface area contributed by atoms with Crippen molar-refractivity contribution in [3.05, 3.63) is 29.3 Å². The van der Waals surface area contributed by atoms with E-state index in [1.165, 1.54) is 9.71 Å². The van der Waals surface area contributed by atoms with Gasteiger partial charge in [-0.15, -0.1) is 11.3 Å². The van der Waals surface area contributed by atoms with Crippen molar-refractivity contribution in [2.45, 2.75) is 50.0 Å². The Morgan fingerprint density at radius 2 is 1.91 bits per heavy atom. The van der Waals surface area contributed by atoms with Gasteiger partial charge in [0.25, 0.3) is 5.91 Å². The normalized spacial score (nSPS) is 21.9. The summed E-state index contributed by atoms with van der Waals surface area (Å²) < 4.78 is 1.24. The number of carbonyl (C=O) groups is 1. The molecule has 0 unspecified atom stereocenters. The van der Waals surface area contributed by atoms with Gasteiger partial charge < -0.3 is 10.0 Å². The van der Waals surface area contributed by atoms with E-state index in [-0.39, 0.29) is 5.91 Å². The zero-order chi connectivity index (χ0) is 15.9. The van der Waals surface area contributed by atoms with E-state index in [9.17, 15) is 9.90 Å². The van der Waals surface area contributed by atoms with Crippen molar-refractivity contribution in [3.63, 3.8) is 0 Å². The lowest BCUT2D eigenvalue weighted by atomic mass is 9.94. The topological polar surface area (TPSA) is 53.4 Å². The number of thiazole rings is 1. The highest BCUT2D eigenvalue weighted by Crippen LogP contribution is 2.36. The minimum atomic E-state index is -1.08. The van der Waals surface area contributed by atoms with E-state index in [0.29, 0.717) is 18.8 Å². The van der Waals surface area contributed by atoms with Gasteiger partial charge in [0, 0.05) is 19.0 Å². The van der Waals surface area contributed by atoms with Gasteiger partial charge in [-0.2, -0.15) is 0 Å². The Morgan fingerprint density at radius 1 is 1.22 bits per heavy atom. The fraction of sp³-hybridized carbons (Fsp3) is 0.556. The summed E-state index contributed by atoms with van der Waals surface area (Å²) in [4.78, 5) is 19.2. The van der Waals surface area contributed by atoms with Gasteiger partial charge in [-0.3, -0.25) is 4.79 Å². The maximum atomic E-state index is 12.6. The molecule has 1 saturated heterocycles. The standard InChI is InChI=1S/C18H22N2O2S/c21-17(18(22)9-3-4-10-18)20-11-7-13(8-12-20)16-19-14-5-1-2-6-15(14)23-16/h1-2,5-6,13,22H,3-4,7-12H2. The summed E-state index contributed by atoms with van der Waals surface area (Å²) in [7, 11) is 0. The number of nitrogens with zero attached hydrogens (tertiary/aromatic N) is 2. The number of aromatic nitrogens is 1. The minimum Gasteiger partial charge on any atom is -0.380 e. The number of hydrogen-bond donors (Lipinski definition) is 1. The van der Waals surface area contributed by atoms with Crippen LogP contribution >= 0.6 is 11.3 Å². The highest BCUT2D eigenvalue weighted by atomic mass is 32.1. The molecule has 2 heterocycles. The SMILES string of the molecule is O=C(N1CCC(c2nc3ccccc3s2)CC1)C1(O)CCCC1. The molecule has 23 heavy (non-hydrogen) atoms. The summed E-state index contributed by atoms with van der Waals surface area (Å²) in [6.45, 7) is 1.48. The van der Waals surface area contributed by atoms with Crippen LogP contribution in [-0.4, -0.2) is 39.6 Å². The van der Waals surface area contributed by atoms with Crippen molar-refractivity contribution in [2.75, 3.05) is 13.1 Å². The molecule has 1 aliphatic heterocycles. The van der Waals surface area contributed by atoms with Crippen LogP contribution in [0.3, 0.4) is 0 Å². The van der Waals surface area contributed by atoms with Crippen LogP contribution in [-0.2, 0) is 4.79 Å². The second-order valence-corrected chi connectivity index (χ2v) is 7.89. The molecule has 2 aliphatic rings. The second kappa shape index (κ2) is 5.87. The summed E-state index contributed by atoms with van der Waals surface area (Å²) in [6.07, 6.45) is 5.07. The average molecular weight is 330 g/mol. The first-order valence-electron chi connectivity index (χ1n) is 8.53. The van der Waals surface area contributed by atoms with Crippen molar-refractivity contribution in [1.29, 1.82) is 0 Å².